The van der Waals surface area contributed by atoms with Crippen molar-refractivity contribution in [2.45, 2.75) is 11.8 Å². The minimum atomic E-state index is -0.365. The van der Waals surface area contributed by atoms with E-state index in [1.54, 1.807) is 18.3 Å². The lowest BCUT2D eigenvalue weighted by atomic mass is 10.1. The number of nitrogens with zero attached hydrogens (tertiary/aromatic N) is 5. The minimum absolute atomic E-state index is 0.365. The summed E-state index contributed by atoms with van der Waals surface area (Å²) in [5.41, 5.74) is 7.06. The molecule has 0 unspecified atom stereocenters. The molecule has 0 fully saturated rings. The van der Waals surface area contributed by atoms with Crippen LogP contribution in [0.25, 0.3) is 17.6 Å². The molecule has 0 spiro atoms. The zero-order valence-electron chi connectivity index (χ0n) is 13.3. The Kier molecular flexibility index (Phi) is 5.05. The van der Waals surface area contributed by atoms with Crippen LogP contribution < -0.4 is 10.9 Å². The molecule has 2 aromatic heterocycles. The molecule has 0 aliphatic heterocycles. The number of rotatable bonds is 5. The lowest BCUT2D eigenvalue weighted by Gasteiger charge is -2.03. The lowest BCUT2D eigenvalue weighted by molar-refractivity contribution is -0.116. The highest BCUT2D eigenvalue weighted by atomic mass is 32.1. The number of benzene rings is 1. The number of nitrogens with one attached hydrogen (secondary N) is 2. The average Bonchev–Trinajstić information content (AvgIpc) is 3.07. The quantitative estimate of drug-likeness (QED) is 0.368. The third-order valence-corrected chi connectivity index (χ3v) is 3.35. The van der Waals surface area contributed by atoms with Gasteiger partial charge in [0.05, 0.1) is 0 Å². The highest BCUT2D eigenvalue weighted by molar-refractivity contribution is 7.80. The molecule has 0 bridgehead atoms. The van der Waals surface area contributed by atoms with Crippen LogP contribution in [0.3, 0.4) is 0 Å². The van der Waals surface area contributed by atoms with Crippen LogP contribution in [0.4, 0.5) is 5.82 Å². The number of amides is 1. The first-order valence-corrected chi connectivity index (χ1v) is 7.79. The Morgan fingerprint density at radius 2 is 2.20 bits per heavy atom. The molecule has 8 nitrogen and oxygen atoms in total. The SMILES string of the molecule is Cc1cc(S)cc(-c2ncn(/C=C\C(=O)NNc3cccnn3)n2)c1. The standard InChI is InChI=1S/C16H15N7OS/c1-11-7-12(9-13(25)8-11)16-17-10-23(22-16)6-4-15(24)21-20-14-3-2-5-18-19-14/h2-10,25H,1H3,(H,19,20)(H,21,24)/b6-4-. The molecule has 0 atom stereocenters. The van der Waals surface area contributed by atoms with Gasteiger partial charge in [-0.1, -0.05) is 0 Å². The second-order valence-corrected chi connectivity index (χ2v) is 5.66. The van der Waals surface area contributed by atoms with Crippen molar-refractivity contribution in [2.75, 3.05) is 5.43 Å². The van der Waals surface area contributed by atoms with E-state index in [-0.39, 0.29) is 5.91 Å². The Morgan fingerprint density at radius 1 is 1.32 bits per heavy atom. The number of carbonyl (C=O) groups excluding carboxylic acids is 1. The molecule has 0 saturated carbocycles. The van der Waals surface area contributed by atoms with Crippen molar-refractivity contribution < 1.29 is 4.79 Å². The average molecular weight is 353 g/mol. The van der Waals surface area contributed by atoms with Crippen molar-refractivity contribution >= 4 is 30.6 Å². The first-order valence-electron chi connectivity index (χ1n) is 7.34. The second kappa shape index (κ2) is 7.58. The van der Waals surface area contributed by atoms with Gasteiger partial charge in [0.1, 0.15) is 6.33 Å². The van der Waals surface area contributed by atoms with Crippen LogP contribution in [0.2, 0.25) is 0 Å². The third-order valence-electron chi connectivity index (χ3n) is 3.09. The summed E-state index contributed by atoms with van der Waals surface area (Å²) >= 11 is 4.36. The van der Waals surface area contributed by atoms with E-state index >= 15 is 0 Å². The van der Waals surface area contributed by atoms with Gasteiger partial charge in [-0.15, -0.1) is 22.8 Å². The Hall–Kier alpha value is -3.20. The van der Waals surface area contributed by atoms with Gasteiger partial charge >= 0.3 is 0 Å². The summed E-state index contributed by atoms with van der Waals surface area (Å²) in [5.74, 6) is 0.631. The molecule has 0 aliphatic carbocycles. The molecule has 1 aromatic carbocycles. The molecule has 0 saturated heterocycles. The maximum absolute atomic E-state index is 11.8. The largest absolute Gasteiger partial charge is 0.280 e. The van der Waals surface area contributed by atoms with Crippen molar-refractivity contribution in [3.8, 4) is 11.4 Å². The van der Waals surface area contributed by atoms with Crippen molar-refractivity contribution in [3.63, 3.8) is 0 Å². The molecule has 2 N–H and O–H groups in total. The Bertz CT molecular complexity index is 888. The van der Waals surface area contributed by atoms with E-state index in [2.05, 4.69) is 43.8 Å². The first kappa shape index (κ1) is 16.7. The van der Waals surface area contributed by atoms with Crippen LogP contribution in [-0.4, -0.2) is 30.9 Å². The molecular weight excluding hydrogens is 338 g/mol. The molecule has 0 radical (unpaired) electrons. The molecule has 126 valence electrons. The van der Waals surface area contributed by atoms with Crippen molar-refractivity contribution in [3.05, 3.63) is 54.5 Å². The normalized spacial score (nSPS) is 10.8. The summed E-state index contributed by atoms with van der Waals surface area (Å²) in [7, 11) is 0. The summed E-state index contributed by atoms with van der Waals surface area (Å²) in [6.45, 7) is 1.98. The molecule has 3 rings (SSSR count). The van der Waals surface area contributed by atoms with Gasteiger partial charge in [0.15, 0.2) is 11.6 Å². The maximum atomic E-state index is 11.8. The Morgan fingerprint density at radius 3 is 2.96 bits per heavy atom. The fraction of sp³-hybridized carbons (Fsp3) is 0.0625. The smallest absolute Gasteiger partial charge is 0.263 e. The third kappa shape index (κ3) is 4.64. The zero-order chi connectivity index (χ0) is 17.6. The minimum Gasteiger partial charge on any atom is -0.280 e. The van der Waals surface area contributed by atoms with Crippen LogP contribution in [0.1, 0.15) is 5.56 Å². The van der Waals surface area contributed by atoms with Gasteiger partial charge in [0.2, 0.25) is 0 Å². The van der Waals surface area contributed by atoms with E-state index < -0.39 is 0 Å². The highest BCUT2D eigenvalue weighted by Crippen LogP contribution is 2.20. The number of hydrogen-bond acceptors (Lipinski definition) is 7. The Labute approximate surface area is 149 Å². The second-order valence-electron chi connectivity index (χ2n) is 5.14. The number of aryl methyl sites for hydroxylation is 1. The fourth-order valence-electron chi connectivity index (χ4n) is 2.05. The summed E-state index contributed by atoms with van der Waals surface area (Å²) in [6, 6.07) is 9.20. The summed E-state index contributed by atoms with van der Waals surface area (Å²) in [5, 5.41) is 11.8. The van der Waals surface area contributed by atoms with Gasteiger partial charge in [-0.3, -0.25) is 15.6 Å². The van der Waals surface area contributed by atoms with E-state index in [0.29, 0.717) is 11.6 Å². The molecule has 9 heteroatoms. The maximum Gasteiger partial charge on any atom is 0.263 e. The molecule has 1 amide bonds. The van der Waals surface area contributed by atoms with Crippen LogP contribution >= 0.6 is 12.6 Å². The van der Waals surface area contributed by atoms with Gasteiger partial charge < -0.3 is 0 Å². The predicted octanol–water partition coefficient (Wildman–Crippen LogP) is 1.95. The summed E-state index contributed by atoms with van der Waals surface area (Å²) < 4.78 is 1.46. The van der Waals surface area contributed by atoms with Crippen LogP contribution in [0.5, 0.6) is 0 Å². The van der Waals surface area contributed by atoms with Gasteiger partial charge in [0.25, 0.3) is 5.91 Å². The van der Waals surface area contributed by atoms with E-state index in [4.69, 9.17) is 0 Å². The molecule has 2 heterocycles. The van der Waals surface area contributed by atoms with E-state index in [9.17, 15) is 4.79 Å². The first-order chi connectivity index (χ1) is 12.1. The van der Waals surface area contributed by atoms with Crippen molar-refractivity contribution in [2.24, 2.45) is 0 Å². The highest BCUT2D eigenvalue weighted by Gasteiger charge is 2.05. The predicted molar refractivity (Wildman–Crippen MR) is 96.6 cm³/mol. The van der Waals surface area contributed by atoms with Gasteiger partial charge in [-0.2, -0.15) is 5.10 Å². The molecule has 0 aliphatic rings. The van der Waals surface area contributed by atoms with Crippen LogP contribution in [0.15, 0.2) is 53.8 Å². The summed E-state index contributed by atoms with van der Waals surface area (Å²) in [4.78, 5) is 16.9. The van der Waals surface area contributed by atoms with Gasteiger partial charge in [0, 0.05) is 28.9 Å². The van der Waals surface area contributed by atoms with Crippen molar-refractivity contribution in [1.82, 2.24) is 30.4 Å². The van der Waals surface area contributed by atoms with Gasteiger partial charge in [-0.25, -0.2) is 9.67 Å². The number of anilines is 1. The van der Waals surface area contributed by atoms with Crippen LogP contribution in [-0.2, 0) is 4.79 Å². The van der Waals surface area contributed by atoms with E-state index in [0.717, 1.165) is 16.0 Å². The van der Waals surface area contributed by atoms with Crippen LogP contribution in [0, 0.1) is 6.92 Å². The van der Waals surface area contributed by atoms with Gasteiger partial charge in [-0.05, 0) is 42.8 Å². The Balaban J connectivity index is 1.62. The van der Waals surface area contributed by atoms with E-state index in [1.165, 1.54) is 23.3 Å². The monoisotopic (exact) mass is 353 g/mol. The molecule has 3 aromatic rings. The summed E-state index contributed by atoms with van der Waals surface area (Å²) in [6.07, 6.45) is 5.89. The topological polar surface area (TPSA) is 97.6 Å². The lowest BCUT2D eigenvalue weighted by Crippen LogP contribution is -2.28. The fourth-order valence-corrected chi connectivity index (χ4v) is 2.39. The number of thiol groups is 1. The van der Waals surface area contributed by atoms with Crippen molar-refractivity contribution in [1.29, 1.82) is 0 Å². The number of hydrogen-bond donors (Lipinski definition) is 3. The van der Waals surface area contributed by atoms with E-state index in [1.807, 2.05) is 25.1 Å². The molecular formula is C16H15N7OS. The number of hydrazine groups is 1. The zero-order valence-corrected chi connectivity index (χ0v) is 14.2. The number of carbonyl (C=O) groups is 1. The number of aromatic nitrogens is 5. The molecule has 25 heavy (non-hydrogen) atoms.